The Balaban J connectivity index is 1.56. The Morgan fingerprint density at radius 1 is 0.875 bits per heavy atom. The molecule has 5 nitrogen and oxygen atoms in total. The second kappa shape index (κ2) is 9.13. The van der Waals surface area contributed by atoms with Crippen LogP contribution in [0.25, 0.3) is 11.4 Å². The fourth-order valence-corrected chi connectivity index (χ4v) is 4.63. The van der Waals surface area contributed by atoms with E-state index in [1.54, 1.807) is 19.1 Å². The van der Waals surface area contributed by atoms with Crippen LogP contribution in [0.5, 0.6) is 0 Å². The van der Waals surface area contributed by atoms with E-state index in [1.807, 2.05) is 31.2 Å². The van der Waals surface area contributed by atoms with E-state index in [9.17, 15) is 13.2 Å². The molecule has 0 aliphatic rings. The number of benzene rings is 2. The summed E-state index contributed by atoms with van der Waals surface area (Å²) in [5, 5.41) is 8.44. The van der Waals surface area contributed by atoms with Crippen molar-refractivity contribution in [1.29, 1.82) is 0 Å². The zero-order valence-electron chi connectivity index (χ0n) is 16.7. The highest BCUT2D eigenvalue weighted by Gasteiger charge is 2.31. The molecule has 0 saturated carbocycles. The van der Waals surface area contributed by atoms with Gasteiger partial charge in [-0.25, -0.2) is 15.0 Å². The Morgan fingerprint density at radius 2 is 1.62 bits per heavy atom. The summed E-state index contributed by atoms with van der Waals surface area (Å²) in [5.41, 5.74) is 1.15. The molecular formula is C21H15ClF3N5S2. The molecule has 0 amide bonds. The average molecular weight is 494 g/mol. The van der Waals surface area contributed by atoms with Crippen LogP contribution in [0.4, 0.5) is 13.2 Å². The summed E-state index contributed by atoms with van der Waals surface area (Å²) in [7, 11) is 0. The van der Waals surface area contributed by atoms with Crippen molar-refractivity contribution in [3.63, 3.8) is 0 Å². The van der Waals surface area contributed by atoms with Crippen molar-refractivity contribution in [2.45, 2.75) is 40.3 Å². The van der Waals surface area contributed by atoms with Gasteiger partial charge < -0.3 is 0 Å². The normalized spacial score (nSPS) is 11.7. The molecule has 0 bridgehead atoms. The predicted octanol–water partition coefficient (Wildman–Crippen LogP) is 6.85. The third-order valence-electron chi connectivity index (χ3n) is 4.21. The van der Waals surface area contributed by atoms with Crippen LogP contribution in [0.3, 0.4) is 0 Å². The highest BCUT2D eigenvalue weighted by atomic mass is 35.5. The number of H-pyrrole nitrogens is 1. The van der Waals surface area contributed by atoms with E-state index < -0.39 is 11.7 Å². The standard InChI is InChI=1S/C21H15ClF3N5S2/c1-11-3-5-15(6-4-11)31-19-26-16(22)10-17(27-19)32-20-28-18(29-30-20)13-7-12(2)8-14(9-13)21(23,24)25/h3-10H,1-2H3,(H,28,29,30). The number of aryl methyl sites for hydroxylation is 2. The van der Waals surface area contributed by atoms with Gasteiger partial charge >= 0.3 is 6.18 Å². The van der Waals surface area contributed by atoms with Gasteiger partial charge in [0.25, 0.3) is 0 Å². The summed E-state index contributed by atoms with van der Waals surface area (Å²) in [6, 6.07) is 13.2. The van der Waals surface area contributed by atoms with Gasteiger partial charge in [0.05, 0.1) is 5.56 Å². The van der Waals surface area contributed by atoms with Crippen molar-refractivity contribution in [3.8, 4) is 11.4 Å². The van der Waals surface area contributed by atoms with Crippen LogP contribution in [-0.4, -0.2) is 25.1 Å². The SMILES string of the molecule is Cc1ccc(Sc2nc(Cl)cc(Sc3nc(-c4cc(C)cc(C(F)(F)F)c4)n[nH]3)n2)cc1. The van der Waals surface area contributed by atoms with Gasteiger partial charge in [-0.15, -0.1) is 0 Å². The molecule has 4 rings (SSSR count). The Labute approximate surface area is 195 Å². The van der Waals surface area contributed by atoms with Gasteiger partial charge in [0.1, 0.15) is 10.2 Å². The van der Waals surface area contributed by atoms with Crippen LogP contribution < -0.4 is 0 Å². The van der Waals surface area contributed by atoms with E-state index in [2.05, 4.69) is 25.1 Å². The molecule has 0 spiro atoms. The summed E-state index contributed by atoms with van der Waals surface area (Å²) >= 11 is 8.68. The van der Waals surface area contributed by atoms with E-state index in [4.69, 9.17) is 11.6 Å². The molecule has 2 aromatic heterocycles. The Bertz CT molecular complexity index is 1260. The summed E-state index contributed by atoms with van der Waals surface area (Å²) in [5.74, 6) is 0.163. The minimum absolute atomic E-state index is 0.163. The molecule has 0 atom stereocenters. The van der Waals surface area contributed by atoms with E-state index >= 15 is 0 Å². The van der Waals surface area contributed by atoms with E-state index in [0.717, 1.165) is 34.4 Å². The maximum atomic E-state index is 13.1. The van der Waals surface area contributed by atoms with Crippen LogP contribution in [0.15, 0.2) is 68.8 Å². The van der Waals surface area contributed by atoms with E-state index in [1.165, 1.54) is 11.8 Å². The number of nitrogens with zero attached hydrogens (tertiary/aromatic N) is 4. The first-order chi connectivity index (χ1) is 15.2. The molecule has 2 aromatic carbocycles. The molecule has 2 heterocycles. The van der Waals surface area contributed by atoms with Crippen molar-refractivity contribution in [2.75, 3.05) is 0 Å². The Morgan fingerprint density at radius 3 is 2.34 bits per heavy atom. The first-order valence-electron chi connectivity index (χ1n) is 9.24. The van der Waals surface area contributed by atoms with E-state index in [-0.39, 0.29) is 16.5 Å². The number of aromatic nitrogens is 5. The smallest absolute Gasteiger partial charge is 0.253 e. The molecule has 4 aromatic rings. The molecule has 0 unspecified atom stereocenters. The van der Waals surface area contributed by atoms with Crippen LogP contribution in [-0.2, 0) is 6.18 Å². The molecule has 0 aliphatic heterocycles. The Hall–Kier alpha value is -2.56. The lowest BCUT2D eigenvalue weighted by Gasteiger charge is -2.09. The molecule has 32 heavy (non-hydrogen) atoms. The summed E-state index contributed by atoms with van der Waals surface area (Å²) in [4.78, 5) is 14.0. The minimum Gasteiger partial charge on any atom is -0.253 e. The lowest BCUT2D eigenvalue weighted by molar-refractivity contribution is -0.137. The molecule has 11 heteroatoms. The van der Waals surface area contributed by atoms with Crippen molar-refractivity contribution < 1.29 is 13.2 Å². The molecule has 0 saturated heterocycles. The number of nitrogens with one attached hydrogen (secondary N) is 1. The van der Waals surface area contributed by atoms with Crippen molar-refractivity contribution in [2.24, 2.45) is 0 Å². The van der Waals surface area contributed by atoms with E-state index in [0.29, 0.717) is 20.9 Å². The van der Waals surface area contributed by atoms with Gasteiger partial charge in [0, 0.05) is 16.5 Å². The number of hydrogen-bond donors (Lipinski definition) is 1. The van der Waals surface area contributed by atoms with Gasteiger partial charge in [-0.2, -0.15) is 18.3 Å². The second-order valence-corrected chi connectivity index (χ2v) is 9.32. The van der Waals surface area contributed by atoms with Crippen molar-refractivity contribution in [1.82, 2.24) is 25.1 Å². The largest absolute Gasteiger partial charge is 0.416 e. The first kappa shape index (κ1) is 22.6. The summed E-state index contributed by atoms with van der Waals surface area (Å²) in [6.07, 6.45) is -4.45. The second-order valence-electron chi connectivity index (χ2n) is 6.88. The third kappa shape index (κ3) is 5.62. The molecule has 1 N–H and O–H groups in total. The Kier molecular flexibility index (Phi) is 6.45. The number of hydrogen-bond acceptors (Lipinski definition) is 6. The maximum absolute atomic E-state index is 13.1. The lowest BCUT2D eigenvalue weighted by atomic mass is 10.1. The molecule has 0 radical (unpaired) electrons. The first-order valence-corrected chi connectivity index (χ1v) is 11.3. The maximum Gasteiger partial charge on any atom is 0.416 e. The fraction of sp³-hybridized carbons (Fsp3) is 0.143. The summed E-state index contributed by atoms with van der Waals surface area (Å²) in [6.45, 7) is 3.60. The van der Waals surface area contributed by atoms with Crippen LogP contribution in [0.2, 0.25) is 5.15 Å². The summed E-state index contributed by atoms with van der Waals surface area (Å²) < 4.78 is 39.4. The quantitative estimate of drug-likeness (QED) is 0.242. The van der Waals surface area contributed by atoms with Gasteiger partial charge in [0.2, 0.25) is 0 Å². The third-order valence-corrected chi connectivity index (χ3v) is 6.07. The monoisotopic (exact) mass is 493 g/mol. The minimum atomic E-state index is -4.45. The number of halogens is 4. The molecular weight excluding hydrogens is 479 g/mol. The van der Waals surface area contributed by atoms with Gasteiger partial charge in [-0.1, -0.05) is 29.3 Å². The van der Waals surface area contributed by atoms with Gasteiger partial charge in [-0.3, -0.25) is 5.10 Å². The fourth-order valence-electron chi connectivity index (χ4n) is 2.78. The predicted molar refractivity (Wildman–Crippen MR) is 118 cm³/mol. The zero-order valence-corrected chi connectivity index (χ0v) is 19.1. The zero-order chi connectivity index (χ0) is 22.9. The van der Waals surface area contributed by atoms with Gasteiger partial charge in [0.15, 0.2) is 16.1 Å². The molecule has 0 fully saturated rings. The number of aromatic amines is 1. The van der Waals surface area contributed by atoms with Gasteiger partial charge in [-0.05, 0) is 73.3 Å². The molecule has 0 aliphatic carbocycles. The van der Waals surface area contributed by atoms with Crippen LogP contribution >= 0.6 is 35.1 Å². The van der Waals surface area contributed by atoms with Crippen molar-refractivity contribution in [3.05, 3.63) is 70.4 Å². The highest BCUT2D eigenvalue weighted by Crippen LogP contribution is 2.34. The average Bonchev–Trinajstić information content (AvgIpc) is 3.17. The molecule has 164 valence electrons. The topological polar surface area (TPSA) is 67.3 Å². The highest BCUT2D eigenvalue weighted by molar-refractivity contribution is 7.99. The van der Waals surface area contributed by atoms with Crippen molar-refractivity contribution >= 4 is 35.1 Å². The van der Waals surface area contributed by atoms with Crippen LogP contribution in [0, 0.1) is 13.8 Å². The number of alkyl halides is 3. The lowest BCUT2D eigenvalue weighted by Crippen LogP contribution is -2.05. The van der Waals surface area contributed by atoms with Crippen LogP contribution in [0.1, 0.15) is 16.7 Å². The number of rotatable bonds is 5.